The predicted octanol–water partition coefficient (Wildman–Crippen LogP) is 3.34. The second kappa shape index (κ2) is 11.7. The van der Waals surface area contributed by atoms with Gasteiger partial charge in [0.25, 0.3) is 0 Å². The summed E-state index contributed by atoms with van der Waals surface area (Å²) < 4.78 is 24.2. The minimum absolute atomic E-state index is 0.00246. The van der Waals surface area contributed by atoms with E-state index in [4.69, 9.17) is 18.9 Å². The van der Waals surface area contributed by atoms with E-state index in [-0.39, 0.29) is 54.0 Å². The number of epoxide rings is 2. The summed E-state index contributed by atoms with van der Waals surface area (Å²) in [6.07, 6.45) is 7.60. The van der Waals surface area contributed by atoms with Crippen molar-refractivity contribution in [1.29, 1.82) is 0 Å². The van der Waals surface area contributed by atoms with Crippen LogP contribution in [0.2, 0.25) is 0 Å². The molecule has 4 aliphatic rings. The summed E-state index contributed by atoms with van der Waals surface area (Å²) in [6.45, 7) is 14.7. The van der Waals surface area contributed by atoms with E-state index < -0.39 is 11.5 Å². The number of allylic oxidation sites excluding steroid dienone is 1. The Labute approximate surface area is 222 Å². The van der Waals surface area contributed by atoms with Crippen LogP contribution in [0.3, 0.4) is 0 Å². The fraction of sp³-hybridized carbons (Fsp3) is 0.862. The molecule has 3 aliphatic heterocycles. The van der Waals surface area contributed by atoms with Crippen LogP contribution in [0, 0.1) is 23.7 Å². The molecule has 1 spiro atoms. The summed E-state index contributed by atoms with van der Waals surface area (Å²) in [5.41, 5.74) is -0.683. The molecule has 1 aliphatic carbocycles. The van der Waals surface area contributed by atoms with Gasteiger partial charge >= 0.3 is 5.97 Å². The highest BCUT2D eigenvalue weighted by Crippen LogP contribution is 2.59. The first-order chi connectivity index (χ1) is 17.6. The highest BCUT2D eigenvalue weighted by molar-refractivity contribution is 5.84. The van der Waals surface area contributed by atoms with Gasteiger partial charge in [-0.2, -0.15) is 0 Å². The normalized spacial score (nSPS) is 36.4. The van der Waals surface area contributed by atoms with Gasteiger partial charge < -0.3 is 29.2 Å². The van der Waals surface area contributed by atoms with Crippen LogP contribution in [0.1, 0.15) is 66.7 Å². The molecule has 8 heteroatoms. The molecule has 37 heavy (non-hydrogen) atoms. The maximum absolute atomic E-state index is 13.1. The van der Waals surface area contributed by atoms with E-state index >= 15 is 0 Å². The molecule has 0 bridgehead atoms. The third kappa shape index (κ3) is 6.57. The van der Waals surface area contributed by atoms with Gasteiger partial charge in [-0.15, -0.1) is 0 Å². The number of ether oxygens (including phenoxy) is 4. The number of likely N-dealkylation sites (tertiary alicyclic amines) is 1. The second-order valence-electron chi connectivity index (χ2n) is 12.3. The minimum atomic E-state index is -0.417. The standard InChI is InChI=1S/C29H48N2O6/c1-19(2)9-10-23-28(5,37-23)26-25(34-6)22(11-12-29(26)18-35-29)36-24(32)17-21(20(3)4)27(33)30-13-16-31-14-7-8-15-31/h9-10,19-23,25-26H,7-8,11-18H2,1-6H3,(H,30,33)/b10-9+/t21-,22-,23-,25-,26?,28?,29+/m1/s1. The molecule has 2 unspecified atom stereocenters. The first-order valence-electron chi connectivity index (χ1n) is 14.3. The Balaban J connectivity index is 1.35. The van der Waals surface area contributed by atoms with Gasteiger partial charge in [0.05, 0.1) is 24.9 Å². The van der Waals surface area contributed by atoms with Gasteiger partial charge in [0.15, 0.2) is 0 Å². The fourth-order valence-electron chi connectivity index (χ4n) is 6.44. The van der Waals surface area contributed by atoms with Crippen molar-refractivity contribution < 1.29 is 28.5 Å². The zero-order valence-corrected chi connectivity index (χ0v) is 23.7. The molecular weight excluding hydrogens is 472 g/mol. The monoisotopic (exact) mass is 520 g/mol. The quantitative estimate of drug-likeness (QED) is 0.240. The number of methoxy groups -OCH3 is 1. The maximum atomic E-state index is 13.1. The molecule has 7 atom stereocenters. The number of hydrogen-bond acceptors (Lipinski definition) is 7. The van der Waals surface area contributed by atoms with Crippen LogP contribution in [0.25, 0.3) is 0 Å². The third-order valence-corrected chi connectivity index (χ3v) is 8.81. The van der Waals surface area contributed by atoms with Crippen molar-refractivity contribution in [2.24, 2.45) is 23.7 Å². The minimum Gasteiger partial charge on any atom is -0.460 e. The summed E-state index contributed by atoms with van der Waals surface area (Å²) in [5, 5.41) is 3.05. The van der Waals surface area contributed by atoms with E-state index in [1.165, 1.54) is 12.8 Å². The molecule has 0 aromatic rings. The van der Waals surface area contributed by atoms with E-state index in [0.29, 0.717) is 25.5 Å². The van der Waals surface area contributed by atoms with Crippen molar-refractivity contribution in [3.05, 3.63) is 12.2 Å². The summed E-state index contributed by atoms with van der Waals surface area (Å²) in [5.74, 6) is -0.381. The molecule has 3 heterocycles. The van der Waals surface area contributed by atoms with Gasteiger partial charge in [-0.3, -0.25) is 9.59 Å². The Bertz CT molecular complexity index is 834. The lowest BCUT2D eigenvalue weighted by molar-refractivity contribution is -0.173. The zero-order chi connectivity index (χ0) is 26.8. The fourth-order valence-corrected chi connectivity index (χ4v) is 6.44. The van der Waals surface area contributed by atoms with Gasteiger partial charge in [-0.05, 0) is 57.5 Å². The van der Waals surface area contributed by atoms with Crippen molar-refractivity contribution in [2.45, 2.75) is 96.2 Å². The highest BCUT2D eigenvalue weighted by Gasteiger charge is 2.72. The van der Waals surface area contributed by atoms with E-state index in [2.05, 4.69) is 43.1 Å². The van der Waals surface area contributed by atoms with Gasteiger partial charge in [0, 0.05) is 20.2 Å². The summed E-state index contributed by atoms with van der Waals surface area (Å²) >= 11 is 0. The van der Waals surface area contributed by atoms with E-state index in [1.54, 1.807) is 7.11 Å². The Kier molecular flexibility index (Phi) is 9.04. The topological polar surface area (TPSA) is 92.9 Å². The maximum Gasteiger partial charge on any atom is 0.306 e. The Hall–Kier alpha value is -1.48. The van der Waals surface area contributed by atoms with E-state index in [1.807, 2.05) is 13.8 Å². The third-order valence-electron chi connectivity index (χ3n) is 8.81. The lowest BCUT2D eigenvalue weighted by atomic mass is 9.68. The molecule has 8 nitrogen and oxygen atoms in total. The molecule has 0 radical (unpaired) electrons. The van der Waals surface area contributed by atoms with Crippen molar-refractivity contribution in [3.63, 3.8) is 0 Å². The molecule has 0 aromatic heterocycles. The van der Waals surface area contributed by atoms with Crippen LogP contribution in [-0.4, -0.2) is 86.2 Å². The molecule has 1 saturated carbocycles. The smallest absolute Gasteiger partial charge is 0.306 e. The number of nitrogens with zero attached hydrogens (tertiary/aromatic N) is 1. The van der Waals surface area contributed by atoms with Crippen LogP contribution in [0.5, 0.6) is 0 Å². The second-order valence-corrected chi connectivity index (χ2v) is 12.3. The van der Waals surface area contributed by atoms with Crippen molar-refractivity contribution in [3.8, 4) is 0 Å². The molecular formula is C29H48N2O6. The highest BCUT2D eigenvalue weighted by atomic mass is 16.6. The SMILES string of the molecule is CO[C@H]1C(C2(C)O[C@@H]2/C=C/C(C)C)[C@]2(CC[C@H]1OC(=O)C[C@@H](C(=O)NCCN1CCCC1)C(C)C)CO2. The van der Waals surface area contributed by atoms with Gasteiger partial charge in [0.1, 0.15) is 29.5 Å². The number of carbonyl (C=O) groups is 2. The van der Waals surface area contributed by atoms with Crippen LogP contribution in [0.15, 0.2) is 12.2 Å². The average Bonchev–Trinajstić information content (AvgIpc) is 3.69. The molecule has 1 N–H and O–H groups in total. The molecule has 3 saturated heterocycles. The molecule has 4 rings (SSSR count). The molecule has 0 aromatic carbocycles. The molecule has 210 valence electrons. The van der Waals surface area contributed by atoms with Crippen LogP contribution < -0.4 is 5.32 Å². The van der Waals surface area contributed by atoms with E-state index in [9.17, 15) is 9.59 Å². The first kappa shape index (κ1) is 28.5. The summed E-state index contributed by atoms with van der Waals surface area (Å²) in [7, 11) is 1.68. The van der Waals surface area contributed by atoms with Crippen molar-refractivity contribution >= 4 is 11.9 Å². The van der Waals surface area contributed by atoms with Gasteiger partial charge in [0.2, 0.25) is 5.91 Å². The summed E-state index contributed by atoms with van der Waals surface area (Å²) in [4.78, 5) is 28.4. The Morgan fingerprint density at radius 3 is 2.49 bits per heavy atom. The predicted molar refractivity (Wildman–Crippen MR) is 141 cm³/mol. The first-order valence-corrected chi connectivity index (χ1v) is 14.3. The lowest BCUT2D eigenvalue weighted by Crippen LogP contribution is -2.55. The van der Waals surface area contributed by atoms with Gasteiger partial charge in [-0.25, -0.2) is 0 Å². The van der Waals surface area contributed by atoms with Crippen molar-refractivity contribution in [2.75, 3.05) is 39.9 Å². The molecule has 4 fully saturated rings. The number of esters is 1. The van der Waals surface area contributed by atoms with Crippen LogP contribution in [-0.2, 0) is 28.5 Å². The lowest BCUT2D eigenvalue weighted by Gasteiger charge is -2.42. The van der Waals surface area contributed by atoms with Crippen LogP contribution >= 0.6 is 0 Å². The number of nitrogens with one attached hydrogen (secondary N) is 1. The number of carbonyl (C=O) groups excluding carboxylic acids is 2. The Morgan fingerprint density at radius 1 is 1.19 bits per heavy atom. The van der Waals surface area contributed by atoms with Gasteiger partial charge in [-0.1, -0.05) is 39.8 Å². The van der Waals surface area contributed by atoms with E-state index in [0.717, 1.165) is 26.1 Å². The largest absolute Gasteiger partial charge is 0.460 e. The molecule has 1 amide bonds. The number of hydrogen-bond donors (Lipinski definition) is 1. The number of amides is 1. The van der Waals surface area contributed by atoms with Crippen molar-refractivity contribution in [1.82, 2.24) is 10.2 Å². The average molecular weight is 521 g/mol. The van der Waals surface area contributed by atoms with Crippen LogP contribution in [0.4, 0.5) is 0 Å². The summed E-state index contributed by atoms with van der Waals surface area (Å²) in [6, 6.07) is 0. The Morgan fingerprint density at radius 2 is 1.89 bits per heavy atom. The number of rotatable bonds is 12. The zero-order valence-electron chi connectivity index (χ0n) is 23.7.